The summed E-state index contributed by atoms with van der Waals surface area (Å²) in [5.41, 5.74) is 8.15. The summed E-state index contributed by atoms with van der Waals surface area (Å²) in [6, 6.07) is 14.9. The highest BCUT2D eigenvalue weighted by atomic mass is 19.4. The molecule has 0 aliphatic carbocycles. The lowest BCUT2D eigenvalue weighted by atomic mass is 10.2. The van der Waals surface area contributed by atoms with Crippen molar-refractivity contribution in [2.75, 3.05) is 5.32 Å². The first kappa shape index (κ1) is 18.3. The summed E-state index contributed by atoms with van der Waals surface area (Å²) in [4.78, 5) is 11.6. The smallest absolute Gasteiger partial charge is 0.406 e. The summed E-state index contributed by atoms with van der Waals surface area (Å²) in [6.07, 6.45) is -3.01. The van der Waals surface area contributed by atoms with Crippen LogP contribution in [0.15, 0.2) is 65.8 Å². The molecule has 0 fully saturated rings. The number of hydrogen-bond donors (Lipinski definition) is 3. The maximum atomic E-state index is 12.1. The number of aromatic nitrogens is 2. The van der Waals surface area contributed by atoms with Crippen LogP contribution in [0.5, 0.6) is 5.75 Å². The van der Waals surface area contributed by atoms with Gasteiger partial charge in [-0.2, -0.15) is 0 Å². The molecule has 27 heavy (non-hydrogen) atoms. The fraction of sp³-hybridized carbons (Fsp3) is 0.111. The van der Waals surface area contributed by atoms with Crippen LogP contribution in [0.3, 0.4) is 0 Å². The van der Waals surface area contributed by atoms with Gasteiger partial charge < -0.3 is 20.8 Å². The van der Waals surface area contributed by atoms with Gasteiger partial charge in [-0.1, -0.05) is 30.3 Å². The van der Waals surface area contributed by atoms with Gasteiger partial charge in [-0.25, -0.2) is 9.98 Å². The van der Waals surface area contributed by atoms with Crippen molar-refractivity contribution in [1.29, 1.82) is 0 Å². The minimum Gasteiger partial charge on any atom is -0.406 e. The van der Waals surface area contributed by atoms with Crippen LogP contribution in [0.1, 0.15) is 5.82 Å². The number of hydrogen-bond acceptors (Lipinski definition) is 3. The summed E-state index contributed by atoms with van der Waals surface area (Å²) >= 11 is 0. The Kier molecular flexibility index (Phi) is 5.30. The molecule has 3 aromatic rings. The lowest BCUT2D eigenvalue weighted by Gasteiger charge is -2.10. The average Bonchev–Trinajstić information content (AvgIpc) is 3.10. The number of ether oxygens (including phenoxy) is 1. The van der Waals surface area contributed by atoms with Crippen LogP contribution in [-0.4, -0.2) is 22.3 Å². The molecule has 0 unspecified atom stereocenters. The molecule has 140 valence electrons. The molecule has 0 aliphatic heterocycles. The van der Waals surface area contributed by atoms with Gasteiger partial charge in [-0.3, -0.25) is 0 Å². The molecule has 2 aromatic carbocycles. The zero-order valence-electron chi connectivity index (χ0n) is 14.0. The topological polar surface area (TPSA) is 88.3 Å². The van der Waals surface area contributed by atoms with Gasteiger partial charge in [0.1, 0.15) is 18.1 Å². The van der Waals surface area contributed by atoms with E-state index in [0.717, 1.165) is 11.3 Å². The number of anilines is 1. The molecule has 6 nitrogen and oxygen atoms in total. The predicted octanol–water partition coefficient (Wildman–Crippen LogP) is 3.90. The Balaban J connectivity index is 1.58. The number of imidazole rings is 1. The van der Waals surface area contributed by atoms with Gasteiger partial charge >= 0.3 is 6.36 Å². The summed E-state index contributed by atoms with van der Waals surface area (Å²) in [6.45, 7) is 0.223. The Morgan fingerprint density at radius 2 is 1.81 bits per heavy atom. The van der Waals surface area contributed by atoms with Gasteiger partial charge in [0.15, 0.2) is 5.96 Å². The summed E-state index contributed by atoms with van der Waals surface area (Å²) in [7, 11) is 0. The SMILES string of the molecule is NC(=NCc1ncc(-c2ccccc2)[nH]1)Nc1ccc(OC(F)(F)F)cc1. The van der Waals surface area contributed by atoms with Gasteiger partial charge in [0, 0.05) is 5.69 Å². The van der Waals surface area contributed by atoms with Crippen molar-refractivity contribution in [1.82, 2.24) is 9.97 Å². The Hall–Kier alpha value is -3.49. The molecular weight excluding hydrogens is 359 g/mol. The molecule has 1 heterocycles. The van der Waals surface area contributed by atoms with Gasteiger partial charge in [0.05, 0.1) is 11.9 Å². The maximum Gasteiger partial charge on any atom is 0.573 e. The third kappa shape index (κ3) is 5.50. The minimum absolute atomic E-state index is 0.108. The van der Waals surface area contributed by atoms with Crippen molar-refractivity contribution in [2.24, 2.45) is 10.7 Å². The second-order valence-corrected chi connectivity index (χ2v) is 5.51. The van der Waals surface area contributed by atoms with Crippen molar-refractivity contribution in [3.8, 4) is 17.0 Å². The highest BCUT2D eigenvalue weighted by molar-refractivity contribution is 5.92. The summed E-state index contributed by atoms with van der Waals surface area (Å²) in [5, 5.41) is 2.79. The molecular formula is C18H16F3N5O. The second-order valence-electron chi connectivity index (χ2n) is 5.51. The number of nitrogens with two attached hydrogens (primary N) is 1. The molecule has 0 bridgehead atoms. The summed E-state index contributed by atoms with van der Waals surface area (Å²) < 4.78 is 40.2. The Morgan fingerprint density at radius 3 is 2.48 bits per heavy atom. The van der Waals surface area contributed by atoms with Crippen LogP contribution in [0.4, 0.5) is 18.9 Å². The zero-order chi connectivity index (χ0) is 19.3. The van der Waals surface area contributed by atoms with E-state index in [0.29, 0.717) is 11.5 Å². The molecule has 3 rings (SSSR count). The zero-order valence-corrected chi connectivity index (χ0v) is 14.0. The first-order valence-corrected chi connectivity index (χ1v) is 7.91. The minimum atomic E-state index is -4.73. The van der Waals surface area contributed by atoms with E-state index in [1.165, 1.54) is 24.3 Å². The first-order chi connectivity index (χ1) is 12.9. The fourth-order valence-corrected chi connectivity index (χ4v) is 2.29. The monoisotopic (exact) mass is 375 g/mol. The molecule has 1 aromatic heterocycles. The third-order valence-electron chi connectivity index (χ3n) is 3.47. The molecule has 0 atom stereocenters. The average molecular weight is 375 g/mol. The van der Waals surface area contributed by atoms with Crippen LogP contribution in [0.2, 0.25) is 0 Å². The Bertz CT molecular complexity index is 905. The Labute approximate surface area is 152 Å². The number of rotatable bonds is 5. The van der Waals surface area contributed by atoms with E-state index < -0.39 is 6.36 Å². The van der Waals surface area contributed by atoms with E-state index in [1.54, 1.807) is 6.20 Å². The van der Waals surface area contributed by atoms with E-state index in [2.05, 4.69) is 25.0 Å². The van der Waals surface area contributed by atoms with E-state index in [4.69, 9.17) is 5.73 Å². The van der Waals surface area contributed by atoms with E-state index in [9.17, 15) is 13.2 Å². The van der Waals surface area contributed by atoms with E-state index in [1.807, 2.05) is 30.3 Å². The molecule has 0 amide bonds. The van der Waals surface area contributed by atoms with Crippen molar-refractivity contribution >= 4 is 11.6 Å². The maximum absolute atomic E-state index is 12.1. The second kappa shape index (κ2) is 7.81. The standard InChI is InChI=1S/C18H16F3N5O/c19-18(20,21)27-14-8-6-13(7-9-14)25-17(22)24-11-16-23-10-15(26-16)12-4-2-1-3-5-12/h1-10H,11H2,(H,23,26)(H3,22,24,25). The quantitative estimate of drug-likeness (QED) is 0.466. The normalized spacial score (nSPS) is 12.0. The number of nitrogens with one attached hydrogen (secondary N) is 2. The Morgan fingerprint density at radius 1 is 1.11 bits per heavy atom. The highest BCUT2D eigenvalue weighted by Crippen LogP contribution is 2.23. The number of guanidine groups is 1. The number of H-pyrrole nitrogens is 1. The van der Waals surface area contributed by atoms with E-state index >= 15 is 0 Å². The van der Waals surface area contributed by atoms with Gasteiger partial charge in [-0.15, -0.1) is 13.2 Å². The van der Waals surface area contributed by atoms with Crippen LogP contribution in [-0.2, 0) is 6.54 Å². The third-order valence-corrected chi connectivity index (χ3v) is 3.47. The number of aromatic amines is 1. The molecule has 0 spiro atoms. The van der Waals surface area contributed by atoms with Crippen LogP contribution < -0.4 is 15.8 Å². The fourth-order valence-electron chi connectivity index (χ4n) is 2.29. The van der Waals surface area contributed by atoms with Crippen LogP contribution >= 0.6 is 0 Å². The summed E-state index contributed by atoms with van der Waals surface area (Å²) in [5.74, 6) is 0.428. The van der Waals surface area contributed by atoms with Gasteiger partial charge in [0.25, 0.3) is 0 Å². The molecule has 4 N–H and O–H groups in total. The largest absolute Gasteiger partial charge is 0.573 e. The van der Waals surface area contributed by atoms with Crippen LogP contribution in [0, 0.1) is 0 Å². The number of nitrogens with zero attached hydrogens (tertiary/aromatic N) is 2. The lowest BCUT2D eigenvalue weighted by molar-refractivity contribution is -0.274. The number of halogens is 3. The van der Waals surface area contributed by atoms with Crippen molar-refractivity contribution in [3.05, 3.63) is 66.6 Å². The van der Waals surface area contributed by atoms with Gasteiger partial charge in [-0.05, 0) is 29.8 Å². The molecule has 0 aliphatic rings. The van der Waals surface area contributed by atoms with Crippen LogP contribution in [0.25, 0.3) is 11.3 Å². The number of alkyl halides is 3. The molecule has 9 heteroatoms. The van der Waals surface area contributed by atoms with Crippen molar-refractivity contribution in [2.45, 2.75) is 12.9 Å². The molecule has 0 saturated carbocycles. The van der Waals surface area contributed by atoms with Gasteiger partial charge in [0.2, 0.25) is 0 Å². The van der Waals surface area contributed by atoms with Crippen molar-refractivity contribution < 1.29 is 17.9 Å². The highest BCUT2D eigenvalue weighted by Gasteiger charge is 2.30. The lowest BCUT2D eigenvalue weighted by Crippen LogP contribution is -2.22. The van der Waals surface area contributed by atoms with E-state index in [-0.39, 0.29) is 18.3 Å². The number of benzene rings is 2. The predicted molar refractivity (Wildman–Crippen MR) is 96.1 cm³/mol. The number of aliphatic imine (C=N–C) groups is 1. The molecule has 0 radical (unpaired) electrons. The first-order valence-electron chi connectivity index (χ1n) is 7.91. The molecule has 0 saturated heterocycles. The van der Waals surface area contributed by atoms with Crippen molar-refractivity contribution in [3.63, 3.8) is 0 Å².